The molecule has 0 radical (unpaired) electrons. The van der Waals surface area contributed by atoms with E-state index in [4.69, 9.17) is 5.84 Å². The van der Waals surface area contributed by atoms with Gasteiger partial charge in [0.2, 0.25) is 15.8 Å². The zero-order valence-electron chi connectivity index (χ0n) is 17.7. The molecule has 0 amide bonds. The number of rotatable bonds is 9. The molecule has 0 unspecified atom stereocenters. The number of nitrogen functional groups attached to an aromatic ring is 1. The molecule has 1 aliphatic rings. The Hall–Kier alpha value is -3.78. The quantitative estimate of drug-likeness (QED) is 0.269. The maximum Gasteiger partial charge on any atom is 0.240 e. The Morgan fingerprint density at radius 1 is 0.971 bits per heavy atom. The van der Waals surface area contributed by atoms with Crippen molar-refractivity contribution in [2.45, 2.75) is 16.8 Å². The Kier molecular flexibility index (Phi) is 6.34. The molecular formula is C20H21N7O5S2. The molecule has 1 atom stereocenters. The predicted octanol–water partition coefficient (Wildman–Crippen LogP) is 0.0593. The normalized spacial score (nSPS) is 16.0. The molecule has 1 aromatic heterocycles. The summed E-state index contributed by atoms with van der Waals surface area (Å²) in [5.74, 6) is 3.83. The lowest BCUT2D eigenvalue weighted by Crippen LogP contribution is -2.37. The predicted molar refractivity (Wildman–Crippen MR) is 125 cm³/mol. The van der Waals surface area contributed by atoms with Gasteiger partial charge in [-0.15, -0.1) is 10.2 Å². The van der Waals surface area contributed by atoms with Crippen LogP contribution in [0.25, 0.3) is 0 Å². The Morgan fingerprint density at radius 2 is 1.56 bits per heavy atom. The van der Waals surface area contributed by atoms with Crippen LogP contribution in [0.1, 0.15) is 22.0 Å². The molecule has 2 aromatic carbocycles. The fourth-order valence-corrected chi connectivity index (χ4v) is 6.03. The van der Waals surface area contributed by atoms with Crippen molar-refractivity contribution in [2.75, 3.05) is 17.1 Å². The summed E-state index contributed by atoms with van der Waals surface area (Å²) in [4.78, 5) is 12.8. The molecule has 1 aliphatic heterocycles. The molecule has 0 spiro atoms. The second-order valence-electron chi connectivity index (χ2n) is 7.48. The number of hydrogen-bond acceptors (Lipinski definition) is 10. The van der Waals surface area contributed by atoms with Crippen LogP contribution in [0.5, 0.6) is 0 Å². The van der Waals surface area contributed by atoms with Crippen molar-refractivity contribution < 1.29 is 21.6 Å². The third-order valence-corrected chi connectivity index (χ3v) is 8.12. The average molecular weight is 504 g/mol. The van der Waals surface area contributed by atoms with Crippen LogP contribution in [0.2, 0.25) is 0 Å². The number of ketones is 1. The number of nitrogens with one attached hydrogen (secondary N) is 2. The van der Waals surface area contributed by atoms with Crippen LogP contribution in [0, 0.1) is 0 Å². The number of carbonyl (C=O) groups is 1. The smallest absolute Gasteiger partial charge is 0.240 e. The first kappa shape index (κ1) is 23.4. The topological polar surface area (TPSA) is 178 Å². The minimum atomic E-state index is -4.00. The maximum absolute atomic E-state index is 13.1. The lowest BCUT2D eigenvalue weighted by Gasteiger charge is -2.12. The van der Waals surface area contributed by atoms with Crippen LogP contribution >= 0.6 is 0 Å². The van der Waals surface area contributed by atoms with Gasteiger partial charge in [0.05, 0.1) is 6.54 Å². The number of para-hydroxylation sites is 1. The molecule has 0 aliphatic carbocycles. The first-order valence-electron chi connectivity index (χ1n) is 10.0. The van der Waals surface area contributed by atoms with Gasteiger partial charge in [0, 0.05) is 11.3 Å². The summed E-state index contributed by atoms with van der Waals surface area (Å²) in [5.41, 5.74) is 3.10. The SMILES string of the molecule is Nn1c(CS(=O)(=O)Nc2ccccc2)nnc1CS(=O)(=O)[C@H]1CNN=C1C(=O)c1ccccc1. The molecule has 34 heavy (non-hydrogen) atoms. The first-order valence-corrected chi connectivity index (χ1v) is 13.4. The van der Waals surface area contributed by atoms with Crippen LogP contribution in [-0.4, -0.2) is 55.0 Å². The van der Waals surface area contributed by atoms with Crippen molar-refractivity contribution in [1.29, 1.82) is 0 Å². The van der Waals surface area contributed by atoms with Gasteiger partial charge in [-0.05, 0) is 12.1 Å². The highest BCUT2D eigenvalue weighted by molar-refractivity contribution is 7.92. The standard InChI is InChI=1S/C20H21N7O5S2/c21-27-17(23-24-18(27)13-34(31,32)26-15-9-5-2-6-10-15)12-33(29,30)16-11-22-25-19(16)20(28)14-7-3-1-4-8-14/h1-10,16,22,26H,11-13,21H2/t16-/m0/s1. The first-order chi connectivity index (χ1) is 16.2. The average Bonchev–Trinajstić information content (AvgIpc) is 3.43. The molecule has 0 fully saturated rings. The van der Waals surface area contributed by atoms with Crippen molar-refractivity contribution in [2.24, 2.45) is 5.10 Å². The van der Waals surface area contributed by atoms with Gasteiger partial charge in [-0.25, -0.2) is 21.5 Å². The number of nitrogens with two attached hydrogens (primary N) is 1. The van der Waals surface area contributed by atoms with Crippen LogP contribution in [-0.2, 0) is 31.4 Å². The number of hydrogen-bond donors (Lipinski definition) is 3. The van der Waals surface area contributed by atoms with Gasteiger partial charge in [-0.2, -0.15) is 5.10 Å². The molecule has 0 saturated heterocycles. The molecule has 4 rings (SSSR count). The van der Waals surface area contributed by atoms with Crippen molar-refractivity contribution >= 4 is 37.0 Å². The Labute approximate surface area is 195 Å². The summed E-state index contributed by atoms with van der Waals surface area (Å²) >= 11 is 0. The molecule has 178 valence electrons. The number of hydrazone groups is 1. The van der Waals surface area contributed by atoms with Gasteiger partial charge in [0.15, 0.2) is 21.5 Å². The van der Waals surface area contributed by atoms with Crippen LogP contribution in [0.15, 0.2) is 65.8 Å². The Balaban J connectivity index is 1.50. The molecular weight excluding hydrogens is 482 g/mol. The summed E-state index contributed by atoms with van der Waals surface area (Å²) in [6.45, 7) is -0.0861. The van der Waals surface area contributed by atoms with E-state index < -0.39 is 42.4 Å². The molecule has 14 heteroatoms. The Bertz CT molecular complexity index is 1440. The number of Topliss-reactive ketones (excluding diaryl/α,β-unsaturated/α-hetero) is 1. The van der Waals surface area contributed by atoms with Crippen LogP contribution in [0.4, 0.5) is 5.69 Å². The molecule has 0 saturated carbocycles. The van der Waals surface area contributed by atoms with Crippen molar-refractivity contribution in [3.63, 3.8) is 0 Å². The zero-order chi connectivity index (χ0) is 24.3. The summed E-state index contributed by atoms with van der Waals surface area (Å²) in [6, 6.07) is 16.4. The number of anilines is 1. The number of benzene rings is 2. The summed E-state index contributed by atoms with van der Waals surface area (Å²) in [6.07, 6.45) is 0. The molecule has 3 aromatic rings. The van der Waals surface area contributed by atoms with E-state index in [0.29, 0.717) is 11.3 Å². The Morgan fingerprint density at radius 3 is 2.21 bits per heavy atom. The highest BCUT2D eigenvalue weighted by Gasteiger charge is 2.39. The number of carbonyl (C=O) groups excluding carboxylic acids is 1. The molecule has 12 nitrogen and oxygen atoms in total. The van der Waals surface area contributed by atoms with E-state index in [-0.39, 0.29) is 23.9 Å². The highest BCUT2D eigenvalue weighted by atomic mass is 32.2. The molecule has 2 heterocycles. The second-order valence-corrected chi connectivity index (χ2v) is 11.4. The monoisotopic (exact) mass is 503 g/mol. The van der Waals surface area contributed by atoms with Crippen molar-refractivity contribution in [3.8, 4) is 0 Å². The third-order valence-electron chi connectivity index (χ3n) is 5.02. The summed E-state index contributed by atoms with van der Waals surface area (Å²) < 4.78 is 54.3. The van der Waals surface area contributed by atoms with Crippen molar-refractivity contribution in [1.82, 2.24) is 20.3 Å². The summed E-state index contributed by atoms with van der Waals surface area (Å²) in [7, 11) is -7.88. The van der Waals surface area contributed by atoms with Gasteiger partial charge in [-0.3, -0.25) is 9.52 Å². The van der Waals surface area contributed by atoms with E-state index in [0.717, 1.165) is 4.68 Å². The highest BCUT2D eigenvalue weighted by Crippen LogP contribution is 2.18. The molecule has 0 bridgehead atoms. The number of aromatic nitrogens is 3. The second kappa shape index (κ2) is 9.23. The van der Waals surface area contributed by atoms with E-state index >= 15 is 0 Å². The maximum atomic E-state index is 13.1. The minimum absolute atomic E-state index is 0.0861. The number of sulfone groups is 1. The fourth-order valence-electron chi connectivity index (χ4n) is 3.34. The van der Waals surface area contributed by atoms with E-state index in [1.807, 2.05) is 0 Å². The zero-order valence-corrected chi connectivity index (χ0v) is 19.3. The van der Waals surface area contributed by atoms with Crippen LogP contribution < -0.4 is 16.0 Å². The van der Waals surface area contributed by atoms with E-state index in [9.17, 15) is 21.6 Å². The van der Waals surface area contributed by atoms with Gasteiger partial charge in [0.25, 0.3) is 0 Å². The number of nitrogens with zero attached hydrogens (tertiary/aromatic N) is 4. The van der Waals surface area contributed by atoms with E-state index in [1.165, 1.54) is 0 Å². The molecule has 4 N–H and O–H groups in total. The third kappa shape index (κ3) is 5.07. The largest absolute Gasteiger partial charge is 0.336 e. The van der Waals surface area contributed by atoms with E-state index in [1.54, 1.807) is 60.7 Å². The summed E-state index contributed by atoms with van der Waals surface area (Å²) in [5, 5.41) is 10.2. The van der Waals surface area contributed by atoms with Crippen molar-refractivity contribution in [3.05, 3.63) is 77.9 Å². The lowest BCUT2D eigenvalue weighted by molar-refractivity contribution is 0.106. The van der Waals surface area contributed by atoms with Gasteiger partial charge in [-0.1, -0.05) is 48.5 Å². The van der Waals surface area contributed by atoms with Gasteiger partial charge < -0.3 is 11.3 Å². The van der Waals surface area contributed by atoms with Gasteiger partial charge in [0.1, 0.15) is 22.5 Å². The van der Waals surface area contributed by atoms with Gasteiger partial charge >= 0.3 is 0 Å². The van der Waals surface area contributed by atoms with E-state index in [2.05, 4.69) is 25.4 Å². The lowest BCUT2D eigenvalue weighted by atomic mass is 10.1. The fraction of sp³-hybridized carbons (Fsp3) is 0.200. The minimum Gasteiger partial charge on any atom is -0.336 e. The number of sulfonamides is 1. The van der Waals surface area contributed by atoms with Crippen LogP contribution in [0.3, 0.4) is 0 Å².